The zero-order chi connectivity index (χ0) is 10.6. The molecule has 0 saturated carbocycles. The number of nitrogens with one attached hydrogen (secondary N) is 1. The SMILES string of the molecule is CCCS(=O)(=O)C(C)N1CCNCC1. The van der Waals surface area contributed by atoms with E-state index in [0.29, 0.717) is 12.2 Å². The molecule has 0 bridgehead atoms. The fraction of sp³-hybridized carbons (Fsp3) is 1.00. The fourth-order valence-corrected chi connectivity index (χ4v) is 3.30. The molecule has 0 radical (unpaired) electrons. The second-order valence-corrected chi connectivity index (χ2v) is 6.17. The van der Waals surface area contributed by atoms with Gasteiger partial charge in [0.15, 0.2) is 9.84 Å². The van der Waals surface area contributed by atoms with Gasteiger partial charge in [-0.2, -0.15) is 0 Å². The molecule has 5 heteroatoms. The standard InChI is InChI=1S/C9H20N2O2S/c1-3-8-14(12,13)9(2)11-6-4-10-5-7-11/h9-10H,3-8H2,1-2H3. The highest BCUT2D eigenvalue weighted by Crippen LogP contribution is 2.10. The van der Waals surface area contributed by atoms with Crippen molar-refractivity contribution in [2.24, 2.45) is 0 Å². The minimum Gasteiger partial charge on any atom is -0.314 e. The lowest BCUT2D eigenvalue weighted by Crippen LogP contribution is -2.50. The van der Waals surface area contributed by atoms with Gasteiger partial charge < -0.3 is 5.32 Å². The van der Waals surface area contributed by atoms with E-state index >= 15 is 0 Å². The van der Waals surface area contributed by atoms with Crippen LogP contribution in [0.5, 0.6) is 0 Å². The Balaban J connectivity index is 2.58. The van der Waals surface area contributed by atoms with E-state index in [4.69, 9.17) is 0 Å². The maximum atomic E-state index is 11.8. The van der Waals surface area contributed by atoms with E-state index in [1.807, 2.05) is 11.8 Å². The molecule has 0 aromatic carbocycles. The van der Waals surface area contributed by atoms with E-state index in [2.05, 4.69) is 5.32 Å². The third kappa shape index (κ3) is 2.93. The topological polar surface area (TPSA) is 49.4 Å². The molecule has 84 valence electrons. The summed E-state index contributed by atoms with van der Waals surface area (Å²) in [4.78, 5) is 2.04. The van der Waals surface area contributed by atoms with Crippen LogP contribution in [-0.4, -0.2) is 50.6 Å². The number of piperazine rings is 1. The van der Waals surface area contributed by atoms with Gasteiger partial charge in [-0.15, -0.1) is 0 Å². The van der Waals surface area contributed by atoms with Crippen LogP contribution >= 0.6 is 0 Å². The van der Waals surface area contributed by atoms with E-state index in [1.165, 1.54) is 0 Å². The molecular weight excluding hydrogens is 200 g/mol. The predicted molar refractivity (Wildman–Crippen MR) is 58.0 cm³/mol. The van der Waals surface area contributed by atoms with Gasteiger partial charge in [0.05, 0.1) is 5.75 Å². The molecule has 14 heavy (non-hydrogen) atoms. The lowest BCUT2D eigenvalue weighted by atomic mass is 10.4. The Morgan fingerprint density at radius 3 is 2.43 bits per heavy atom. The van der Waals surface area contributed by atoms with Crippen molar-refractivity contribution in [1.82, 2.24) is 10.2 Å². The summed E-state index contributed by atoms with van der Waals surface area (Å²) in [7, 11) is -2.91. The lowest BCUT2D eigenvalue weighted by molar-refractivity contribution is 0.227. The van der Waals surface area contributed by atoms with Crippen LogP contribution in [0.15, 0.2) is 0 Å². The van der Waals surface area contributed by atoms with Gasteiger partial charge >= 0.3 is 0 Å². The van der Waals surface area contributed by atoms with Crippen molar-refractivity contribution < 1.29 is 8.42 Å². The minimum atomic E-state index is -2.91. The van der Waals surface area contributed by atoms with Crippen LogP contribution in [0.2, 0.25) is 0 Å². The molecule has 4 nitrogen and oxygen atoms in total. The van der Waals surface area contributed by atoms with Gasteiger partial charge in [0.1, 0.15) is 5.37 Å². The third-order valence-corrected chi connectivity index (χ3v) is 4.99. The number of hydrogen-bond acceptors (Lipinski definition) is 4. The van der Waals surface area contributed by atoms with Crippen molar-refractivity contribution in [3.8, 4) is 0 Å². The molecule has 0 spiro atoms. The van der Waals surface area contributed by atoms with Crippen LogP contribution in [0.4, 0.5) is 0 Å². The second-order valence-electron chi connectivity index (χ2n) is 3.75. The van der Waals surface area contributed by atoms with E-state index in [0.717, 1.165) is 26.2 Å². The molecule has 1 heterocycles. The first-order valence-corrected chi connectivity index (χ1v) is 6.96. The highest BCUT2D eigenvalue weighted by Gasteiger charge is 2.26. The molecule has 1 saturated heterocycles. The molecule has 1 unspecified atom stereocenters. The Kier molecular flexibility index (Phi) is 4.34. The van der Waals surface area contributed by atoms with Crippen LogP contribution in [0.1, 0.15) is 20.3 Å². The maximum absolute atomic E-state index is 11.8. The first-order valence-electron chi connectivity index (χ1n) is 5.24. The van der Waals surface area contributed by atoms with Gasteiger partial charge in [0.2, 0.25) is 0 Å². The summed E-state index contributed by atoms with van der Waals surface area (Å²) in [6.07, 6.45) is 0.707. The quantitative estimate of drug-likeness (QED) is 0.728. The zero-order valence-electron chi connectivity index (χ0n) is 8.99. The van der Waals surface area contributed by atoms with Crippen LogP contribution < -0.4 is 5.32 Å². The molecule has 1 fully saturated rings. The van der Waals surface area contributed by atoms with Crippen molar-refractivity contribution in [2.45, 2.75) is 25.6 Å². The predicted octanol–water partition coefficient (Wildman–Crippen LogP) is 0.0624. The summed E-state index contributed by atoms with van der Waals surface area (Å²) in [6.45, 7) is 7.17. The normalized spacial score (nSPS) is 22.1. The molecule has 1 aliphatic heterocycles. The van der Waals surface area contributed by atoms with Gasteiger partial charge in [-0.1, -0.05) is 6.92 Å². The average molecular weight is 220 g/mol. The summed E-state index contributed by atoms with van der Waals surface area (Å²) in [5.41, 5.74) is 0. The Morgan fingerprint density at radius 1 is 1.36 bits per heavy atom. The number of sulfone groups is 1. The van der Waals surface area contributed by atoms with Gasteiger partial charge in [0, 0.05) is 26.2 Å². The summed E-state index contributed by atoms with van der Waals surface area (Å²) in [5.74, 6) is 0.304. The minimum absolute atomic E-state index is 0.304. The summed E-state index contributed by atoms with van der Waals surface area (Å²) < 4.78 is 23.5. The van der Waals surface area contributed by atoms with Crippen molar-refractivity contribution in [1.29, 1.82) is 0 Å². The fourth-order valence-electron chi connectivity index (χ4n) is 1.73. The van der Waals surface area contributed by atoms with E-state index < -0.39 is 9.84 Å². The lowest BCUT2D eigenvalue weighted by Gasteiger charge is -2.32. The van der Waals surface area contributed by atoms with E-state index in [-0.39, 0.29) is 5.37 Å². The van der Waals surface area contributed by atoms with E-state index in [9.17, 15) is 8.42 Å². The molecular formula is C9H20N2O2S. The van der Waals surface area contributed by atoms with Crippen molar-refractivity contribution in [3.63, 3.8) is 0 Å². The summed E-state index contributed by atoms with van der Waals surface area (Å²) >= 11 is 0. The Bertz CT molecular complexity index is 258. The smallest absolute Gasteiger partial charge is 0.166 e. The number of rotatable bonds is 4. The molecule has 1 rings (SSSR count). The first kappa shape index (κ1) is 11.9. The maximum Gasteiger partial charge on any atom is 0.166 e. The van der Waals surface area contributed by atoms with Crippen LogP contribution in [0.25, 0.3) is 0 Å². The molecule has 0 aromatic heterocycles. The zero-order valence-corrected chi connectivity index (χ0v) is 9.81. The number of nitrogens with zero attached hydrogens (tertiary/aromatic N) is 1. The summed E-state index contributed by atoms with van der Waals surface area (Å²) in [5, 5.41) is 2.90. The van der Waals surface area contributed by atoms with Crippen LogP contribution in [0.3, 0.4) is 0 Å². The largest absolute Gasteiger partial charge is 0.314 e. The highest BCUT2D eigenvalue weighted by molar-refractivity contribution is 7.91. The first-order chi connectivity index (χ1) is 6.58. The molecule has 1 N–H and O–H groups in total. The summed E-state index contributed by atoms with van der Waals surface area (Å²) in [6, 6.07) is 0. The second kappa shape index (κ2) is 5.09. The van der Waals surface area contributed by atoms with Gasteiger partial charge in [-0.3, -0.25) is 4.90 Å². The molecule has 1 aliphatic rings. The molecule has 0 aliphatic carbocycles. The number of hydrogen-bond donors (Lipinski definition) is 1. The van der Waals surface area contributed by atoms with Gasteiger partial charge in [-0.05, 0) is 13.3 Å². The monoisotopic (exact) mass is 220 g/mol. The van der Waals surface area contributed by atoms with Gasteiger partial charge in [0.25, 0.3) is 0 Å². The average Bonchev–Trinajstić information content (AvgIpc) is 2.18. The van der Waals surface area contributed by atoms with Crippen LogP contribution in [-0.2, 0) is 9.84 Å². The van der Waals surface area contributed by atoms with Crippen molar-refractivity contribution >= 4 is 9.84 Å². The third-order valence-electron chi connectivity index (χ3n) is 2.67. The Labute approximate surface area is 86.6 Å². The van der Waals surface area contributed by atoms with Crippen molar-refractivity contribution in [3.05, 3.63) is 0 Å². The van der Waals surface area contributed by atoms with Crippen LogP contribution in [0, 0.1) is 0 Å². The Hall–Kier alpha value is -0.130. The molecule has 0 aromatic rings. The van der Waals surface area contributed by atoms with E-state index in [1.54, 1.807) is 6.92 Å². The Morgan fingerprint density at radius 2 is 1.93 bits per heavy atom. The van der Waals surface area contributed by atoms with Crippen molar-refractivity contribution in [2.75, 3.05) is 31.9 Å². The molecule has 0 amide bonds. The highest BCUT2D eigenvalue weighted by atomic mass is 32.2. The van der Waals surface area contributed by atoms with Gasteiger partial charge in [-0.25, -0.2) is 8.42 Å². The molecule has 1 atom stereocenters.